The zero-order valence-electron chi connectivity index (χ0n) is 13.3. The van der Waals surface area contributed by atoms with Gasteiger partial charge in [-0.15, -0.1) is 0 Å². The summed E-state index contributed by atoms with van der Waals surface area (Å²) in [7, 11) is 0. The molecule has 0 radical (unpaired) electrons. The third-order valence-electron chi connectivity index (χ3n) is 4.28. The number of carboxylic acids is 1. The Morgan fingerprint density at radius 3 is 2.33 bits per heavy atom. The van der Waals surface area contributed by atoms with Gasteiger partial charge < -0.3 is 15.7 Å². The highest BCUT2D eigenvalue weighted by Crippen LogP contribution is 2.37. The molecule has 0 bridgehead atoms. The standard InChI is InChI=1S/C15H28N2O3S/c1-11(2)12(9-13(18)19)17-14(20)16-10-15(21-3)7-5-4-6-8-15/h11-12H,4-10H2,1-3H3,(H,18,19)(H2,16,17,20). The second kappa shape index (κ2) is 8.51. The van der Waals surface area contributed by atoms with E-state index < -0.39 is 5.97 Å². The minimum atomic E-state index is -0.887. The Balaban J connectivity index is 2.46. The SMILES string of the molecule is CSC1(CNC(=O)NC(CC(=O)O)C(C)C)CCCCC1. The van der Waals surface area contributed by atoms with Gasteiger partial charge in [-0.25, -0.2) is 4.79 Å². The molecule has 1 atom stereocenters. The largest absolute Gasteiger partial charge is 0.481 e. The number of carbonyl (C=O) groups excluding carboxylic acids is 1. The Morgan fingerprint density at radius 1 is 1.24 bits per heavy atom. The van der Waals surface area contributed by atoms with Crippen molar-refractivity contribution < 1.29 is 14.7 Å². The Hall–Kier alpha value is -0.910. The van der Waals surface area contributed by atoms with E-state index in [1.807, 2.05) is 25.6 Å². The van der Waals surface area contributed by atoms with Crippen molar-refractivity contribution in [1.29, 1.82) is 0 Å². The summed E-state index contributed by atoms with van der Waals surface area (Å²) in [6, 6.07) is -0.590. The van der Waals surface area contributed by atoms with Gasteiger partial charge in [0.15, 0.2) is 0 Å². The lowest BCUT2D eigenvalue weighted by atomic mass is 9.88. The third-order valence-corrected chi connectivity index (χ3v) is 5.70. The van der Waals surface area contributed by atoms with Crippen LogP contribution in [0.3, 0.4) is 0 Å². The van der Waals surface area contributed by atoms with Crippen molar-refractivity contribution in [3.63, 3.8) is 0 Å². The van der Waals surface area contributed by atoms with Gasteiger partial charge >= 0.3 is 12.0 Å². The number of carbonyl (C=O) groups is 2. The van der Waals surface area contributed by atoms with Gasteiger partial charge in [0.25, 0.3) is 0 Å². The van der Waals surface area contributed by atoms with Gasteiger partial charge in [-0.3, -0.25) is 4.79 Å². The average Bonchev–Trinajstić information content (AvgIpc) is 2.45. The highest BCUT2D eigenvalue weighted by molar-refractivity contribution is 8.00. The van der Waals surface area contributed by atoms with Crippen LogP contribution in [0.4, 0.5) is 4.79 Å². The summed E-state index contributed by atoms with van der Waals surface area (Å²) in [6.07, 6.45) is 8.05. The fraction of sp³-hybridized carbons (Fsp3) is 0.867. The summed E-state index contributed by atoms with van der Waals surface area (Å²) < 4.78 is 0.149. The molecule has 6 heteroatoms. The van der Waals surface area contributed by atoms with Gasteiger partial charge in [-0.1, -0.05) is 33.1 Å². The van der Waals surface area contributed by atoms with Crippen molar-refractivity contribution in [3.8, 4) is 0 Å². The molecule has 5 nitrogen and oxygen atoms in total. The number of hydrogen-bond donors (Lipinski definition) is 3. The normalized spacial score (nSPS) is 19.0. The predicted molar refractivity (Wildman–Crippen MR) is 86.7 cm³/mol. The first-order valence-electron chi connectivity index (χ1n) is 7.70. The van der Waals surface area contributed by atoms with Crippen molar-refractivity contribution >= 4 is 23.8 Å². The van der Waals surface area contributed by atoms with Crippen molar-refractivity contribution in [2.24, 2.45) is 5.92 Å². The van der Waals surface area contributed by atoms with Crippen LogP contribution >= 0.6 is 11.8 Å². The molecule has 2 amide bonds. The maximum Gasteiger partial charge on any atom is 0.315 e. The molecule has 1 rings (SSSR count). The Bertz CT molecular complexity index is 355. The van der Waals surface area contributed by atoms with Crippen LogP contribution < -0.4 is 10.6 Å². The molecule has 0 aromatic carbocycles. The summed E-state index contributed by atoms with van der Waals surface area (Å²) in [5, 5.41) is 14.6. The number of hydrogen-bond acceptors (Lipinski definition) is 3. The number of aliphatic carboxylic acids is 1. The number of rotatable bonds is 7. The highest BCUT2D eigenvalue weighted by atomic mass is 32.2. The molecule has 1 aliphatic carbocycles. The highest BCUT2D eigenvalue weighted by Gasteiger charge is 2.31. The van der Waals surface area contributed by atoms with E-state index in [0.29, 0.717) is 6.54 Å². The van der Waals surface area contributed by atoms with E-state index >= 15 is 0 Å². The first-order valence-corrected chi connectivity index (χ1v) is 8.92. The number of carboxylic acid groups (broad SMARTS) is 1. The van der Waals surface area contributed by atoms with Crippen LogP contribution in [0.5, 0.6) is 0 Å². The minimum Gasteiger partial charge on any atom is -0.481 e. The second-order valence-electron chi connectivity index (χ2n) is 6.22. The molecule has 1 saturated carbocycles. The minimum absolute atomic E-state index is 0.0429. The van der Waals surface area contributed by atoms with Gasteiger partial charge in [0.2, 0.25) is 0 Å². The quantitative estimate of drug-likeness (QED) is 0.675. The third kappa shape index (κ3) is 6.16. The molecule has 21 heavy (non-hydrogen) atoms. The molecular weight excluding hydrogens is 288 g/mol. The van der Waals surface area contributed by atoms with Crippen molar-refractivity contribution in [3.05, 3.63) is 0 Å². The summed E-state index contributed by atoms with van der Waals surface area (Å²) in [4.78, 5) is 22.8. The first-order chi connectivity index (χ1) is 9.88. The van der Waals surface area contributed by atoms with Crippen LogP contribution in [0.25, 0.3) is 0 Å². The number of urea groups is 1. The molecule has 0 saturated heterocycles. The van der Waals surface area contributed by atoms with Gasteiger partial charge in [-0.05, 0) is 25.0 Å². The van der Waals surface area contributed by atoms with Crippen molar-refractivity contribution in [2.45, 2.75) is 63.2 Å². The van der Waals surface area contributed by atoms with Crippen LogP contribution in [0.1, 0.15) is 52.4 Å². The average molecular weight is 316 g/mol. The van der Waals surface area contributed by atoms with Crippen LogP contribution in [-0.4, -0.2) is 40.7 Å². The van der Waals surface area contributed by atoms with E-state index in [1.165, 1.54) is 19.3 Å². The summed E-state index contributed by atoms with van der Waals surface area (Å²) in [5.74, 6) is -0.794. The van der Waals surface area contributed by atoms with Crippen molar-refractivity contribution in [2.75, 3.05) is 12.8 Å². The zero-order valence-corrected chi connectivity index (χ0v) is 14.1. The van der Waals surface area contributed by atoms with Gasteiger partial charge in [0.05, 0.1) is 6.42 Å². The van der Waals surface area contributed by atoms with Crippen LogP contribution in [-0.2, 0) is 4.79 Å². The predicted octanol–water partition coefficient (Wildman–Crippen LogP) is 2.85. The van der Waals surface area contributed by atoms with Crippen LogP contribution in [0.15, 0.2) is 0 Å². The molecule has 122 valence electrons. The molecule has 1 aliphatic rings. The lowest BCUT2D eigenvalue weighted by Gasteiger charge is -2.36. The van der Waals surface area contributed by atoms with E-state index in [0.717, 1.165) is 12.8 Å². The summed E-state index contributed by atoms with van der Waals surface area (Å²) in [6.45, 7) is 4.48. The molecule has 1 fully saturated rings. The van der Waals surface area contributed by atoms with E-state index in [4.69, 9.17) is 5.11 Å². The molecule has 0 heterocycles. The zero-order chi connectivity index (χ0) is 15.9. The van der Waals surface area contributed by atoms with Crippen molar-refractivity contribution in [1.82, 2.24) is 10.6 Å². The molecular formula is C15H28N2O3S. The summed E-state index contributed by atoms with van der Waals surface area (Å²) >= 11 is 1.83. The first kappa shape index (κ1) is 18.1. The number of nitrogens with one attached hydrogen (secondary N) is 2. The van der Waals surface area contributed by atoms with Gasteiger partial charge in [0.1, 0.15) is 0 Å². The number of thioether (sulfide) groups is 1. The Kier molecular flexibility index (Phi) is 7.35. The smallest absolute Gasteiger partial charge is 0.315 e. The van der Waals surface area contributed by atoms with Gasteiger partial charge in [-0.2, -0.15) is 11.8 Å². The summed E-state index contributed by atoms with van der Waals surface area (Å²) in [5.41, 5.74) is 0. The lowest BCUT2D eigenvalue weighted by molar-refractivity contribution is -0.137. The second-order valence-corrected chi connectivity index (χ2v) is 7.50. The molecule has 0 aliphatic heterocycles. The fourth-order valence-electron chi connectivity index (χ4n) is 2.75. The monoisotopic (exact) mass is 316 g/mol. The van der Waals surface area contributed by atoms with Crippen LogP contribution in [0.2, 0.25) is 0 Å². The Labute approximate surface area is 131 Å². The molecule has 0 aromatic rings. The van der Waals surface area contributed by atoms with E-state index in [-0.39, 0.29) is 29.2 Å². The molecule has 3 N–H and O–H groups in total. The Morgan fingerprint density at radius 2 is 1.86 bits per heavy atom. The van der Waals surface area contributed by atoms with Gasteiger partial charge in [0, 0.05) is 17.3 Å². The maximum absolute atomic E-state index is 12.0. The molecule has 1 unspecified atom stereocenters. The number of amides is 2. The maximum atomic E-state index is 12.0. The molecule has 0 aromatic heterocycles. The van der Waals surface area contributed by atoms with Crippen LogP contribution in [0, 0.1) is 5.92 Å². The van der Waals surface area contributed by atoms with E-state index in [9.17, 15) is 9.59 Å². The van der Waals surface area contributed by atoms with E-state index in [2.05, 4.69) is 16.9 Å². The lowest BCUT2D eigenvalue weighted by Crippen LogP contribution is -2.49. The van der Waals surface area contributed by atoms with E-state index in [1.54, 1.807) is 0 Å². The molecule has 0 spiro atoms. The fourth-order valence-corrected chi connectivity index (χ4v) is 3.66. The topological polar surface area (TPSA) is 78.4 Å².